The van der Waals surface area contributed by atoms with Crippen LogP contribution in [-0.2, 0) is 17.5 Å². The van der Waals surface area contributed by atoms with Gasteiger partial charge in [-0.2, -0.15) is 18.3 Å². The van der Waals surface area contributed by atoms with Gasteiger partial charge in [0.05, 0.1) is 5.56 Å². The number of nitrogens with two attached hydrogens (primary N) is 1. The second kappa shape index (κ2) is 7.31. The summed E-state index contributed by atoms with van der Waals surface area (Å²) in [5, 5.41) is 6.24. The fourth-order valence-corrected chi connectivity index (χ4v) is 1.97. The van der Waals surface area contributed by atoms with Crippen molar-refractivity contribution < 1.29 is 18.0 Å². The lowest BCUT2D eigenvalue weighted by molar-refractivity contribution is -0.137. The average Bonchev–Trinajstić information content (AvgIpc) is 2.55. The first-order chi connectivity index (χ1) is 11.3. The molecule has 5 nitrogen and oxygen atoms in total. The summed E-state index contributed by atoms with van der Waals surface area (Å²) in [4.78, 5) is 16.0. The van der Waals surface area contributed by atoms with Crippen LogP contribution in [0.4, 0.5) is 13.2 Å². The Morgan fingerprint density at radius 1 is 1.21 bits per heavy atom. The number of hydrogen-bond donors (Lipinski definition) is 2. The minimum Gasteiger partial charge on any atom is -0.346 e. The van der Waals surface area contributed by atoms with E-state index < -0.39 is 17.6 Å². The summed E-state index contributed by atoms with van der Waals surface area (Å²) >= 11 is 5.66. The molecule has 24 heavy (non-hydrogen) atoms. The van der Waals surface area contributed by atoms with Crippen LogP contribution in [-0.4, -0.2) is 16.6 Å². The summed E-state index contributed by atoms with van der Waals surface area (Å²) < 4.78 is 37.6. The molecule has 0 aliphatic heterocycles. The molecule has 0 radical (unpaired) electrons. The molecule has 3 N–H and O–H groups in total. The number of hydrazone groups is 1. The zero-order valence-electron chi connectivity index (χ0n) is 12.1. The lowest BCUT2D eigenvalue weighted by atomic mass is 10.1. The van der Waals surface area contributed by atoms with Gasteiger partial charge in [-0.25, -0.2) is 4.98 Å². The molecule has 1 aromatic heterocycles. The lowest BCUT2D eigenvalue weighted by Gasteiger charge is -2.09. The van der Waals surface area contributed by atoms with Crippen LogP contribution in [0.25, 0.3) is 0 Å². The highest BCUT2D eigenvalue weighted by molar-refractivity contribution is 6.45. The minimum absolute atomic E-state index is 0.142. The van der Waals surface area contributed by atoms with Crippen LogP contribution in [0.1, 0.15) is 16.7 Å². The molecule has 0 fully saturated rings. The Hall–Kier alpha value is -2.61. The van der Waals surface area contributed by atoms with Crippen molar-refractivity contribution in [2.24, 2.45) is 10.9 Å². The number of carbonyl (C=O) groups is 1. The average molecular weight is 357 g/mol. The van der Waals surface area contributed by atoms with Gasteiger partial charge in [0, 0.05) is 18.3 Å². The van der Waals surface area contributed by atoms with E-state index in [4.69, 9.17) is 17.4 Å². The minimum atomic E-state index is -4.46. The zero-order chi connectivity index (χ0) is 17.7. The van der Waals surface area contributed by atoms with Crippen molar-refractivity contribution in [3.8, 4) is 0 Å². The Kier molecular flexibility index (Phi) is 5.40. The number of hydrogen-bond acceptors (Lipinski definition) is 4. The van der Waals surface area contributed by atoms with Gasteiger partial charge in [-0.15, -0.1) is 0 Å². The number of benzene rings is 1. The van der Waals surface area contributed by atoms with Gasteiger partial charge >= 0.3 is 6.18 Å². The molecule has 0 atom stereocenters. The predicted octanol–water partition coefficient (Wildman–Crippen LogP) is 2.73. The SMILES string of the molecule is NN=C(C(=O)NCc1ccc(Cl)nc1)c1ccc(C(F)(F)F)cc1. The van der Waals surface area contributed by atoms with Crippen molar-refractivity contribution in [2.75, 3.05) is 0 Å². The maximum atomic E-state index is 12.5. The molecule has 2 rings (SSSR count). The second-order valence-corrected chi connectivity index (χ2v) is 5.11. The number of carbonyl (C=O) groups excluding carboxylic acids is 1. The Balaban J connectivity index is 2.07. The normalized spacial score (nSPS) is 12.1. The van der Waals surface area contributed by atoms with Gasteiger partial charge in [-0.05, 0) is 23.8 Å². The van der Waals surface area contributed by atoms with Crippen LogP contribution in [0.2, 0.25) is 5.15 Å². The highest BCUT2D eigenvalue weighted by Gasteiger charge is 2.30. The van der Waals surface area contributed by atoms with Gasteiger partial charge in [-0.1, -0.05) is 29.8 Å². The molecule has 0 saturated heterocycles. The topological polar surface area (TPSA) is 80.4 Å². The van der Waals surface area contributed by atoms with E-state index in [1.165, 1.54) is 6.20 Å². The Labute approximate surface area is 140 Å². The molecule has 1 amide bonds. The third-order valence-corrected chi connectivity index (χ3v) is 3.30. The maximum Gasteiger partial charge on any atom is 0.416 e. The monoisotopic (exact) mass is 356 g/mol. The second-order valence-electron chi connectivity index (χ2n) is 4.72. The van der Waals surface area contributed by atoms with Crippen LogP contribution in [0.3, 0.4) is 0 Å². The van der Waals surface area contributed by atoms with E-state index in [1.54, 1.807) is 12.1 Å². The lowest BCUT2D eigenvalue weighted by Crippen LogP contribution is -2.32. The van der Waals surface area contributed by atoms with E-state index >= 15 is 0 Å². The van der Waals surface area contributed by atoms with E-state index in [1.807, 2.05) is 0 Å². The molecule has 0 aliphatic rings. The highest BCUT2D eigenvalue weighted by atomic mass is 35.5. The quantitative estimate of drug-likeness (QED) is 0.382. The van der Waals surface area contributed by atoms with Crippen LogP contribution >= 0.6 is 11.6 Å². The molecule has 126 valence electrons. The molecule has 0 bridgehead atoms. The number of nitrogens with one attached hydrogen (secondary N) is 1. The van der Waals surface area contributed by atoms with E-state index in [-0.39, 0.29) is 17.8 Å². The molecular formula is C15H12ClF3N4O. The van der Waals surface area contributed by atoms with Crippen molar-refractivity contribution in [3.63, 3.8) is 0 Å². The number of nitrogens with zero attached hydrogens (tertiary/aromatic N) is 2. The van der Waals surface area contributed by atoms with Gasteiger partial charge in [0.25, 0.3) is 5.91 Å². The van der Waals surface area contributed by atoms with Gasteiger partial charge in [0.15, 0.2) is 5.71 Å². The first-order valence-corrected chi connectivity index (χ1v) is 7.03. The number of alkyl halides is 3. The molecule has 0 saturated carbocycles. The highest BCUT2D eigenvalue weighted by Crippen LogP contribution is 2.29. The third-order valence-electron chi connectivity index (χ3n) is 3.07. The summed E-state index contributed by atoms with van der Waals surface area (Å²) in [6, 6.07) is 7.23. The molecule has 0 aliphatic carbocycles. The Morgan fingerprint density at radius 3 is 2.38 bits per heavy atom. The van der Waals surface area contributed by atoms with Gasteiger partial charge in [0.1, 0.15) is 5.15 Å². The Bertz CT molecular complexity index is 743. The van der Waals surface area contributed by atoms with Crippen molar-refractivity contribution in [1.29, 1.82) is 0 Å². The van der Waals surface area contributed by atoms with Crippen LogP contribution in [0, 0.1) is 0 Å². The van der Waals surface area contributed by atoms with Gasteiger partial charge in [0.2, 0.25) is 0 Å². The van der Waals surface area contributed by atoms with E-state index in [9.17, 15) is 18.0 Å². The number of aromatic nitrogens is 1. The summed E-state index contributed by atoms with van der Waals surface area (Å²) in [6.45, 7) is 0.142. The van der Waals surface area contributed by atoms with Crippen molar-refractivity contribution in [1.82, 2.24) is 10.3 Å². The zero-order valence-corrected chi connectivity index (χ0v) is 12.9. The largest absolute Gasteiger partial charge is 0.416 e. The van der Waals surface area contributed by atoms with E-state index in [0.29, 0.717) is 10.7 Å². The number of amides is 1. The fourth-order valence-electron chi connectivity index (χ4n) is 1.86. The van der Waals surface area contributed by atoms with Crippen molar-refractivity contribution in [3.05, 3.63) is 64.4 Å². The summed E-state index contributed by atoms with van der Waals surface area (Å²) in [5.74, 6) is 4.58. The molecule has 0 spiro atoms. The maximum absolute atomic E-state index is 12.5. The van der Waals surface area contributed by atoms with Crippen molar-refractivity contribution in [2.45, 2.75) is 12.7 Å². The Morgan fingerprint density at radius 2 is 1.88 bits per heavy atom. The number of halogens is 4. The molecule has 2 aromatic rings. The van der Waals surface area contributed by atoms with Crippen LogP contribution in [0.15, 0.2) is 47.7 Å². The van der Waals surface area contributed by atoms with E-state index in [2.05, 4.69) is 15.4 Å². The third kappa shape index (κ3) is 4.45. The number of pyridine rings is 1. The van der Waals surface area contributed by atoms with Crippen molar-refractivity contribution >= 4 is 23.2 Å². The molecular weight excluding hydrogens is 345 g/mol. The smallest absolute Gasteiger partial charge is 0.346 e. The van der Waals surface area contributed by atoms with Gasteiger partial charge < -0.3 is 11.2 Å². The summed E-state index contributed by atoms with van der Waals surface area (Å²) in [7, 11) is 0. The predicted molar refractivity (Wildman–Crippen MR) is 83.3 cm³/mol. The fraction of sp³-hybridized carbons (Fsp3) is 0.133. The number of rotatable bonds is 4. The summed E-state index contributed by atoms with van der Waals surface area (Å²) in [5.41, 5.74) is -0.130. The van der Waals surface area contributed by atoms with Crippen LogP contribution in [0.5, 0.6) is 0 Å². The first-order valence-electron chi connectivity index (χ1n) is 6.65. The summed E-state index contributed by atoms with van der Waals surface area (Å²) in [6.07, 6.45) is -2.97. The van der Waals surface area contributed by atoms with Crippen LogP contribution < -0.4 is 11.2 Å². The molecule has 0 unspecified atom stereocenters. The van der Waals surface area contributed by atoms with Gasteiger partial charge in [-0.3, -0.25) is 4.79 Å². The van der Waals surface area contributed by atoms with E-state index in [0.717, 1.165) is 24.3 Å². The molecule has 9 heteroatoms. The molecule has 1 heterocycles. The standard InChI is InChI=1S/C15H12ClF3N4O/c16-12-6-1-9(7-21-12)8-22-14(24)13(23-20)10-2-4-11(5-3-10)15(17,18)19/h1-7H,8,20H2,(H,22,24). The first kappa shape index (κ1) is 17.7. The molecule has 1 aromatic carbocycles.